The Balaban J connectivity index is 1.78. The standard InChI is InChI=1S/C17H18FNO2/c1-13(12-21-15-8-3-2-4-9-15)19-17(20)11-14-7-5-6-10-16(14)18/h2-10,13H,11-12H2,1H3,(H,19,20)/t13-/m0/s1. The molecule has 2 rings (SSSR count). The molecule has 0 radical (unpaired) electrons. The van der Waals surface area contributed by atoms with Gasteiger partial charge < -0.3 is 10.1 Å². The zero-order valence-corrected chi connectivity index (χ0v) is 11.9. The van der Waals surface area contributed by atoms with Crippen molar-refractivity contribution >= 4 is 5.91 Å². The lowest BCUT2D eigenvalue weighted by molar-refractivity contribution is -0.121. The molecule has 2 aromatic carbocycles. The van der Waals surface area contributed by atoms with Gasteiger partial charge in [0.25, 0.3) is 0 Å². The highest BCUT2D eigenvalue weighted by Crippen LogP contribution is 2.09. The molecule has 0 aliphatic heterocycles. The van der Waals surface area contributed by atoms with Crippen LogP contribution in [0.25, 0.3) is 0 Å². The number of hydrogen-bond acceptors (Lipinski definition) is 2. The summed E-state index contributed by atoms with van der Waals surface area (Å²) in [6.45, 7) is 2.22. The van der Waals surface area contributed by atoms with E-state index in [0.717, 1.165) is 5.75 Å². The van der Waals surface area contributed by atoms with E-state index in [1.54, 1.807) is 18.2 Å². The maximum absolute atomic E-state index is 13.5. The van der Waals surface area contributed by atoms with Crippen LogP contribution in [-0.2, 0) is 11.2 Å². The SMILES string of the molecule is C[C@@H](COc1ccccc1)NC(=O)Cc1ccccc1F. The average Bonchev–Trinajstić information content (AvgIpc) is 2.48. The van der Waals surface area contributed by atoms with Crippen LogP contribution in [0.15, 0.2) is 54.6 Å². The molecule has 4 heteroatoms. The first-order chi connectivity index (χ1) is 10.1. The number of hydrogen-bond donors (Lipinski definition) is 1. The Labute approximate surface area is 123 Å². The van der Waals surface area contributed by atoms with E-state index in [0.29, 0.717) is 12.2 Å². The van der Waals surface area contributed by atoms with Gasteiger partial charge in [0.2, 0.25) is 5.91 Å². The molecule has 0 fully saturated rings. The largest absolute Gasteiger partial charge is 0.491 e. The van der Waals surface area contributed by atoms with Crippen molar-refractivity contribution in [1.82, 2.24) is 5.32 Å². The molecule has 3 nitrogen and oxygen atoms in total. The van der Waals surface area contributed by atoms with Gasteiger partial charge in [-0.15, -0.1) is 0 Å². The third-order valence-electron chi connectivity index (χ3n) is 2.96. The topological polar surface area (TPSA) is 38.3 Å². The lowest BCUT2D eigenvalue weighted by Crippen LogP contribution is -2.37. The van der Waals surface area contributed by atoms with E-state index in [9.17, 15) is 9.18 Å². The van der Waals surface area contributed by atoms with Crippen LogP contribution in [0.5, 0.6) is 5.75 Å². The summed E-state index contributed by atoms with van der Waals surface area (Å²) in [5.41, 5.74) is 0.395. The molecule has 2 aromatic rings. The number of rotatable bonds is 6. The van der Waals surface area contributed by atoms with E-state index in [1.165, 1.54) is 6.07 Å². The van der Waals surface area contributed by atoms with Crippen molar-refractivity contribution < 1.29 is 13.9 Å². The molecule has 0 saturated carbocycles. The summed E-state index contributed by atoms with van der Waals surface area (Å²) in [6, 6.07) is 15.5. The van der Waals surface area contributed by atoms with Crippen molar-refractivity contribution in [2.45, 2.75) is 19.4 Å². The second kappa shape index (κ2) is 7.43. The average molecular weight is 287 g/mol. The van der Waals surface area contributed by atoms with Crippen LogP contribution in [0.4, 0.5) is 4.39 Å². The highest BCUT2D eigenvalue weighted by molar-refractivity contribution is 5.78. The molecule has 1 amide bonds. The summed E-state index contributed by atoms with van der Waals surface area (Å²) in [5.74, 6) is 0.179. The van der Waals surface area contributed by atoms with Crippen LogP contribution >= 0.6 is 0 Å². The molecule has 0 saturated heterocycles. The van der Waals surface area contributed by atoms with Crippen molar-refractivity contribution in [3.63, 3.8) is 0 Å². The molecule has 1 N–H and O–H groups in total. The number of halogens is 1. The van der Waals surface area contributed by atoms with Gasteiger partial charge in [0, 0.05) is 0 Å². The van der Waals surface area contributed by atoms with E-state index < -0.39 is 0 Å². The number of benzene rings is 2. The molecule has 0 spiro atoms. The Morgan fingerprint density at radius 3 is 2.52 bits per heavy atom. The predicted octanol–water partition coefficient (Wildman–Crippen LogP) is 2.95. The number of amides is 1. The molecule has 110 valence electrons. The first-order valence-electron chi connectivity index (χ1n) is 6.86. The molecule has 0 aliphatic rings. The molecule has 0 aliphatic carbocycles. The number of carbonyl (C=O) groups is 1. The minimum absolute atomic E-state index is 0.0301. The van der Waals surface area contributed by atoms with Crippen molar-refractivity contribution in [2.75, 3.05) is 6.61 Å². The maximum atomic E-state index is 13.5. The quantitative estimate of drug-likeness (QED) is 0.887. The first-order valence-corrected chi connectivity index (χ1v) is 6.86. The summed E-state index contributed by atoms with van der Waals surface area (Å²) >= 11 is 0. The zero-order valence-electron chi connectivity index (χ0n) is 11.9. The van der Waals surface area contributed by atoms with Gasteiger partial charge in [-0.05, 0) is 30.7 Å². The smallest absolute Gasteiger partial charge is 0.224 e. The van der Waals surface area contributed by atoms with E-state index in [-0.39, 0.29) is 24.2 Å². The summed E-state index contributed by atoms with van der Waals surface area (Å²) in [6.07, 6.45) is 0.0301. The van der Waals surface area contributed by atoms with Gasteiger partial charge >= 0.3 is 0 Å². The lowest BCUT2D eigenvalue weighted by Gasteiger charge is -2.15. The Morgan fingerprint density at radius 2 is 1.81 bits per heavy atom. The molecular weight excluding hydrogens is 269 g/mol. The number of para-hydroxylation sites is 1. The highest BCUT2D eigenvalue weighted by Gasteiger charge is 2.11. The fourth-order valence-electron chi connectivity index (χ4n) is 1.92. The number of ether oxygens (including phenoxy) is 1. The van der Waals surface area contributed by atoms with Gasteiger partial charge in [0.15, 0.2) is 0 Å². The van der Waals surface area contributed by atoms with Crippen LogP contribution < -0.4 is 10.1 Å². The molecule has 21 heavy (non-hydrogen) atoms. The Bertz CT molecular complexity index is 586. The Morgan fingerprint density at radius 1 is 1.14 bits per heavy atom. The maximum Gasteiger partial charge on any atom is 0.224 e. The van der Waals surface area contributed by atoms with E-state index in [1.807, 2.05) is 37.3 Å². The molecule has 0 heterocycles. The van der Waals surface area contributed by atoms with Gasteiger partial charge in [0.05, 0.1) is 12.5 Å². The Kier molecular flexibility index (Phi) is 5.32. The van der Waals surface area contributed by atoms with Crippen molar-refractivity contribution in [3.05, 3.63) is 66.0 Å². The normalized spacial score (nSPS) is 11.7. The van der Waals surface area contributed by atoms with E-state index >= 15 is 0 Å². The second-order valence-corrected chi connectivity index (χ2v) is 4.86. The second-order valence-electron chi connectivity index (χ2n) is 4.86. The minimum Gasteiger partial charge on any atom is -0.491 e. The third-order valence-corrected chi connectivity index (χ3v) is 2.96. The summed E-state index contributed by atoms with van der Waals surface area (Å²) in [7, 11) is 0. The van der Waals surface area contributed by atoms with E-state index in [4.69, 9.17) is 4.74 Å². The van der Waals surface area contributed by atoms with Crippen LogP contribution in [0.1, 0.15) is 12.5 Å². The van der Waals surface area contributed by atoms with Crippen molar-refractivity contribution in [1.29, 1.82) is 0 Å². The molecule has 0 aromatic heterocycles. The van der Waals surface area contributed by atoms with Crippen molar-refractivity contribution in [3.8, 4) is 5.75 Å². The summed E-state index contributed by atoms with van der Waals surface area (Å²) in [4.78, 5) is 11.9. The van der Waals surface area contributed by atoms with Gasteiger partial charge in [-0.25, -0.2) is 4.39 Å². The van der Waals surface area contributed by atoms with Crippen LogP contribution in [0.2, 0.25) is 0 Å². The van der Waals surface area contributed by atoms with Crippen LogP contribution in [0, 0.1) is 5.82 Å². The van der Waals surface area contributed by atoms with Gasteiger partial charge in [0.1, 0.15) is 18.2 Å². The third kappa shape index (κ3) is 4.91. The first kappa shape index (κ1) is 15.0. The van der Waals surface area contributed by atoms with E-state index in [2.05, 4.69) is 5.32 Å². The van der Waals surface area contributed by atoms with Gasteiger partial charge in [-0.2, -0.15) is 0 Å². The minimum atomic E-state index is -0.360. The van der Waals surface area contributed by atoms with Gasteiger partial charge in [-0.3, -0.25) is 4.79 Å². The fraction of sp³-hybridized carbons (Fsp3) is 0.235. The summed E-state index contributed by atoms with van der Waals surface area (Å²) in [5, 5.41) is 2.80. The van der Waals surface area contributed by atoms with Crippen molar-refractivity contribution in [2.24, 2.45) is 0 Å². The zero-order chi connectivity index (χ0) is 15.1. The monoisotopic (exact) mass is 287 g/mol. The van der Waals surface area contributed by atoms with Crippen LogP contribution in [0.3, 0.4) is 0 Å². The van der Waals surface area contributed by atoms with Crippen LogP contribution in [-0.4, -0.2) is 18.6 Å². The number of carbonyl (C=O) groups excluding carboxylic acids is 1. The molecule has 1 atom stereocenters. The fourth-order valence-corrected chi connectivity index (χ4v) is 1.92. The number of nitrogens with one attached hydrogen (secondary N) is 1. The lowest BCUT2D eigenvalue weighted by atomic mass is 10.1. The molecule has 0 bridgehead atoms. The molecular formula is C17H18FNO2. The molecule has 0 unspecified atom stereocenters. The highest BCUT2D eigenvalue weighted by atomic mass is 19.1. The van der Waals surface area contributed by atoms with Gasteiger partial charge in [-0.1, -0.05) is 36.4 Å². The predicted molar refractivity (Wildman–Crippen MR) is 79.6 cm³/mol. The Hall–Kier alpha value is -2.36. The summed E-state index contributed by atoms with van der Waals surface area (Å²) < 4.78 is 19.0.